The minimum Gasteiger partial charge on any atom is -0.356 e. The van der Waals surface area contributed by atoms with E-state index in [2.05, 4.69) is 29.2 Å². The zero-order chi connectivity index (χ0) is 13.4. The van der Waals surface area contributed by atoms with E-state index in [1.807, 2.05) is 29.8 Å². The smallest absolute Gasteiger partial charge is 0.137 e. The van der Waals surface area contributed by atoms with Gasteiger partial charge in [0, 0.05) is 25.2 Å². The number of para-hydroxylation sites is 1. The molecule has 0 bridgehead atoms. The number of hydrogen-bond donors (Lipinski definition) is 1. The van der Waals surface area contributed by atoms with Crippen molar-refractivity contribution in [3.63, 3.8) is 0 Å². The summed E-state index contributed by atoms with van der Waals surface area (Å²) in [6.07, 6.45) is 2.53. The van der Waals surface area contributed by atoms with Crippen LogP contribution in [0.5, 0.6) is 0 Å². The Morgan fingerprint density at radius 3 is 2.58 bits per heavy atom. The Kier molecular flexibility index (Phi) is 3.03. The van der Waals surface area contributed by atoms with Crippen LogP contribution in [0.25, 0.3) is 5.69 Å². The molecule has 0 radical (unpaired) electrons. The standard InChI is InChI=1S/C15H20N4/c1-11-14(10-16)15(18(2)12-8-9-12)19(17-11)13-6-4-3-5-7-13/h3-7,12H,8-10,16H2,1-2H3. The second-order valence-electron chi connectivity index (χ2n) is 5.18. The van der Waals surface area contributed by atoms with Gasteiger partial charge in [0.25, 0.3) is 0 Å². The minimum absolute atomic E-state index is 0.533. The van der Waals surface area contributed by atoms with Gasteiger partial charge in [-0.2, -0.15) is 5.10 Å². The Labute approximate surface area is 113 Å². The van der Waals surface area contributed by atoms with Gasteiger partial charge in [0.1, 0.15) is 5.82 Å². The van der Waals surface area contributed by atoms with Crippen molar-refractivity contribution in [3.05, 3.63) is 41.6 Å². The molecule has 19 heavy (non-hydrogen) atoms. The average Bonchev–Trinajstić information content (AvgIpc) is 3.22. The second kappa shape index (κ2) is 4.70. The Hall–Kier alpha value is -1.81. The van der Waals surface area contributed by atoms with Gasteiger partial charge in [-0.15, -0.1) is 0 Å². The fourth-order valence-corrected chi connectivity index (χ4v) is 2.53. The maximum atomic E-state index is 5.92. The molecule has 1 aromatic heterocycles. The normalized spacial score (nSPS) is 14.7. The summed E-state index contributed by atoms with van der Waals surface area (Å²) >= 11 is 0. The molecule has 1 aromatic carbocycles. The summed E-state index contributed by atoms with van der Waals surface area (Å²) in [4.78, 5) is 2.33. The highest BCUT2D eigenvalue weighted by atomic mass is 15.4. The van der Waals surface area contributed by atoms with Gasteiger partial charge >= 0.3 is 0 Å². The summed E-state index contributed by atoms with van der Waals surface area (Å²) in [7, 11) is 2.15. The molecule has 1 heterocycles. The first-order chi connectivity index (χ1) is 9.22. The molecule has 3 rings (SSSR count). The number of nitrogens with zero attached hydrogens (tertiary/aromatic N) is 3. The monoisotopic (exact) mass is 256 g/mol. The third-order valence-corrected chi connectivity index (χ3v) is 3.79. The van der Waals surface area contributed by atoms with Gasteiger partial charge in [-0.25, -0.2) is 4.68 Å². The molecule has 1 aliphatic carbocycles. The van der Waals surface area contributed by atoms with E-state index < -0.39 is 0 Å². The lowest BCUT2D eigenvalue weighted by molar-refractivity contribution is 0.798. The summed E-state index contributed by atoms with van der Waals surface area (Å²) in [6.45, 7) is 2.57. The zero-order valence-corrected chi connectivity index (χ0v) is 11.5. The number of nitrogens with two attached hydrogens (primary N) is 1. The van der Waals surface area contributed by atoms with E-state index in [1.54, 1.807) is 0 Å². The van der Waals surface area contributed by atoms with Gasteiger partial charge < -0.3 is 10.6 Å². The molecule has 0 atom stereocenters. The van der Waals surface area contributed by atoms with Crippen LogP contribution >= 0.6 is 0 Å². The Balaban J connectivity index is 2.13. The van der Waals surface area contributed by atoms with Crippen molar-refractivity contribution in [3.8, 4) is 5.69 Å². The van der Waals surface area contributed by atoms with Crippen LogP contribution < -0.4 is 10.6 Å². The third-order valence-electron chi connectivity index (χ3n) is 3.79. The van der Waals surface area contributed by atoms with Gasteiger partial charge in [-0.3, -0.25) is 0 Å². The molecule has 4 nitrogen and oxygen atoms in total. The summed E-state index contributed by atoms with van der Waals surface area (Å²) in [5.41, 5.74) is 9.19. The molecule has 1 aliphatic rings. The van der Waals surface area contributed by atoms with Crippen LogP contribution in [0.3, 0.4) is 0 Å². The fraction of sp³-hybridized carbons (Fsp3) is 0.400. The first-order valence-electron chi connectivity index (χ1n) is 6.79. The van der Waals surface area contributed by atoms with Crippen LogP contribution in [0, 0.1) is 6.92 Å². The van der Waals surface area contributed by atoms with Crippen molar-refractivity contribution in [1.82, 2.24) is 9.78 Å². The Morgan fingerprint density at radius 2 is 2.00 bits per heavy atom. The SMILES string of the molecule is Cc1nn(-c2ccccc2)c(N(C)C2CC2)c1CN. The third kappa shape index (κ3) is 2.12. The molecule has 100 valence electrons. The molecule has 1 fully saturated rings. The highest BCUT2D eigenvalue weighted by molar-refractivity contribution is 5.56. The topological polar surface area (TPSA) is 47.1 Å². The van der Waals surface area contributed by atoms with Gasteiger partial charge in [-0.05, 0) is 31.9 Å². The van der Waals surface area contributed by atoms with Crippen LogP contribution in [0.4, 0.5) is 5.82 Å². The van der Waals surface area contributed by atoms with Gasteiger partial charge in [0.05, 0.1) is 11.4 Å². The van der Waals surface area contributed by atoms with Crippen LogP contribution in [-0.4, -0.2) is 22.9 Å². The molecule has 1 saturated carbocycles. The Bertz CT molecular complexity index is 569. The summed E-state index contributed by atoms with van der Waals surface area (Å²) < 4.78 is 2.02. The first kappa shape index (κ1) is 12.2. The highest BCUT2D eigenvalue weighted by Crippen LogP contribution is 2.34. The lowest BCUT2D eigenvalue weighted by atomic mass is 10.2. The summed E-state index contributed by atoms with van der Waals surface area (Å²) in [5, 5.41) is 4.68. The van der Waals surface area contributed by atoms with E-state index in [-0.39, 0.29) is 0 Å². The van der Waals surface area contributed by atoms with Gasteiger partial charge in [0.2, 0.25) is 0 Å². The molecule has 0 amide bonds. The van der Waals surface area contributed by atoms with Gasteiger partial charge in [0.15, 0.2) is 0 Å². The lowest BCUT2D eigenvalue weighted by Gasteiger charge is -2.21. The van der Waals surface area contributed by atoms with Crippen LogP contribution in [0.2, 0.25) is 0 Å². The molecule has 0 spiro atoms. The van der Waals surface area contributed by atoms with Gasteiger partial charge in [-0.1, -0.05) is 18.2 Å². The van der Waals surface area contributed by atoms with Crippen molar-refractivity contribution in [1.29, 1.82) is 0 Å². The van der Waals surface area contributed by atoms with Crippen molar-refractivity contribution in [2.75, 3.05) is 11.9 Å². The number of benzene rings is 1. The highest BCUT2D eigenvalue weighted by Gasteiger charge is 2.30. The quantitative estimate of drug-likeness (QED) is 0.912. The van der Waals surface area contributed by atoms with Crippen LogP contribution in [0.1, 0.15) is 24.1 Å². The van der Waals surface area contributed by atoms with E-state index in [4.69, 9.17) is 5.73 Å². The number of anilines is 1. The lowest BCUT2D eigenvalue weighted by Crippen LogP contribution is -2.24. The maximum Gasteiger partial charge on any atom is 0.137 e. The van der Waals surface area contributed by atoms with Crippen molar-refractivity contribution < 1.29 is 0 Å². The number of hydrogen-bond acceptors (Lipinski definition) is 3. The fourth-order valence-electron chi connectivity index (χ4n) is 2.53. The van der Waals surface area contributed by atoms with Crippen LogP contribution in [-0.2, 0) is 6.54 Å². The molecule has 0 saturated heterocycles. The summed E-state index contributed by atoms with van der Waals surface area (Å²) in [5.74, 6) is 1.15. The number of aryl methyl sites for hydroxylation is 1. The largest absolute Gasteiger partial charge is 0.356 e. The van der Waals surface area contributed by atoms with E-state index in [0.29, 0.717) is 12.6 Å². The van der Waals surface area contributed by atoms with Crippen molar-refractivity contribution in [2.45, 2.75) is 32.4 Å². The number of aromatic nitrogens is 2. The van der Waals surface area contributed by atoms with E-state index in [1.165, 1.54) is 12.8 Å². The second-order valence-corrected chi connectivity index (χ2v) is 5.18. The molecule has 0 aliphatic heterocycles. The predicted octanol–water partition coefficient (Wildman–Crippen LogP) is 2.24. The molecule has 4 heteroatoms. The van der Waals surface area contributed by atoms with Crippen molar-refractivity contribution >= 4 is 5.82 Å². The maximum absolute atomic E-state index is 5.92. The average molecular weight is 256 g/mol. The van der Waals surface area contributed by atoms with Crippen molar-refractivity contribution in [2.24, 2.45) is 5.73 Å². The predicted molar refractivity (Wildman–Crippen MR) is 77.6 cm³/mol. The van der Waals surface area contributed by atoms with E-state index in [0.717, 1.165) is 22.8 Å². The molecule has 2 aromatic rings. The molecule has 0 unspecified atom stereocenters. The molecular formula is C15H20N4. The Morgan fingerprint density at radius 1 is 1.32 bits per heavy atom. The minimum atomic E-state index is 0.533. The molecular weight excluding hydrogens is 236 g/mol. The first-order valence-corrected chi connectivity index (χ1v) is 6.79. The van der Waals surface area contributed by atoms with E-state index in [9.17, 15) is 0 Å². The van der Waals surface area contributed by atoms with Crippen LogP contribution in [0.15, 0.2) is 30.3 Å². The zero-order valence-electron chi connectivity index (χ0n) is 11.5. The summed E-state index contributed by atoms with van der Waals surface area (Å²) in [6, 6.07) is 10.9. The van der Waals surface area contributed by atoms with E-state index >= 15 is 0 Å². The number of rotatable bonds is 4. The molecule has 2 N–H and O–H groups in total.